The van der Waals surface area contributed by atoms with Gasteiger partial charge in [0.2, 0.25) is 0 Å². The normalized spacial score (nSPS) is 25.1. The van der Waals surface area contributed by atoms with Crippen molar-refractivity contribution in [3.63, 3.8) is 0 Å². The van der Waals surface area contributed by atoms with Crippen molar-refractivity contribution in [1.29, 1.82) is 0 Å². The van der Waals surface area contributed by atoms with Gasteiger partial charge < -0.3 is 5.32 Å². The first kappa shape index (κ1) is 8.58. The Hall–Kier alpha value is -1.72. The fraction of sp³-hybridized carbons (Fsp3) is 0.556. The van der Waals surface area contributed by atoms with E-state index in [0.29, 0.717) is 11.7 Å². The maximum absolute atomic E-state index is 4.25. The molecule has 0 radical (unpaired) electrons. The summed E-state index contributed by atoms with van der Waals surface area (Å²) in [5.74, 6) is 1.67. The molecule has 0 spiro atoms. The molecule has 1 aliphatic rings. The van der Waals surface area contributed by atoms with Crippen LogP contribution in [-0.4, -0.2) is 31.3 Å². The first-order valence-electron chi connectivity index (χ1n) is 5.13. The smallest absolute Gasteiger partial charge is 0.200 e. The third-order valence-corrected chi connectivity index (χ3v) is 2.80. The minimum absolute atomic E-state index is 0.557. The van der Waals surface area contributed by atoms with Crippen LogP contribution >= 0.6 is 0 Å². The van der Waals surface area contributed by atoms with Crippen LogP contribution in [0.5, 0.6) is 0 Å². The SMILES string of the molecule is CC1CC(Nc2ccc3nnnn3n2)C1. The molecule has 0 unspecified atom stereocenters. The Morgan fingerprint density at radius 3 is 3.07 bits per heavy atom. The maximum atomic E-state index is 4.25. The van der Waals surface area contributed by atoms with Gasteiger partial charge in [0, 0.05) is 6.04 Å². The highest BCUT2D eigenvalue weighted by molar-refractivity contribution is 5.42. The van der Waals surface area contributed by atoms with Gasteiger partial charge in [-0.1, -0.05) is 6.92 Å². The molecule has 1 fully saturated rings. The molecular weight excluding hydrogens is 192 g/mol. The van der Waals surface area contributed by atoms with E-state index in [4.69, 9.17) is 0 Å². The van der Waals surface area contributed by atoms with Crippen molar-refractivity contribution in [2.75, 3.05) is 5.32 Å². The van der Waals surface area contributed by atoms with Crippen molar-refractivity contribution in [3.8, 4) is 0 Å². The second-order valence-electron chi connectivity index (χ2n) is 4.16. The molecular formula is C9H12N6. The van der Waals surface area contributed by atoms with Gasteiger partial charge in [-0.25, -0.2) is 0 Å². The molecule has 1 saturated carbocycles. The molecule has 0 amide bonds. The van der Waals surface area contributed by atoms with E-state index in [9.17, 15) is 0 Å². The number of hydrogen-bond donors (Lipinski definition) is 1. The third-order valence-electron chi connectivity index (χ3n) is 2.80. The molecule has 15 heavy (non-hydrogen) atoms. The van der Waals surface area contributed by atoms with Crippen molar-refractivity contribution < 1.29 is 0 Å². The number of nitrogens with one attached hydrogen (secondary N) is 1. The van der Waals surface area contributed by atoms with Gasteiger partial charge in [0.05, 0.1) is 0 Å². The number of tetrazole rings is 1. The van der Waals surface area contributed by atoms with Crippen LogP contribution in [0.2, 0.25) is 0 Å². The molecule has 1 aliphatic carbocycles. The molecule has 2 heterocycles. The lowest BCUT2D eigenvalue weighted by Crippen LogP contribution is -2.34. The summed E-state index contributed by atoms with van der Waals surface area (Å²) in [5.41, 5.74) is 0.669. The van der Waals surface area contributed by atoms with E-state index >= 15 is 0 Å². The summed E-state index contributed by atoms with van der Waals surface area (Å²) in [5, 5.41) is 18.7. The zero-order chi connectivity index (χ0) is 10.3. The number of rotatable bonds is 2. The van der Waals surface area contributed by atoms with E-state index < -0.39 is 0 Å². The minimum atomic E-state index is 0.557. The summed E-state index contributed by atoms with van der Waals surface area (Å²) in [4.78, 5) is 0. The zero-order valence-corrected chi connectivity index (χ0v) is 8.46. The van der Waals surface area contributed by atoms with Crippen LogP contribution in [0.25, 0.3) is 5.65 Å². The number of nitrogens with zero attached hydrogens (tertiary/aromatic N) is 5. The maximum Gasteiger partial charge on any atom is 0.200 e. The van der Waals surface area contributed by atoms with Crippen LogP contribution in [0.4, 0.5) is 5.82 Å². The summed E-state index contributed by atoms with van der Waals surface area (Å²) in [6.07, 6.45) is 2.44. The lowest BCUT2D eigenvalue weighted by molar-refractivity contribution is 0.308. The molecule has 6 heteroatoms. The van der Waals surface area contributed by atoms with Crippen molar-refractivity contribution in [2.45, 2.75) is 25.8 Å². The molecule has 2 aromatic rings. The molecule has 0 aliphatic heterocycles. The standard InChI is InChI=1S/C9H12N6/c1-6-4-7(5-6)10-8-2-3-9-11-13-14-15(9)12-8/h2-3,6-7H,4-5H2,1H3,(H,10,12). The first-order valence-corrected chi connectivity index (χ1v) is 5.13. The molecule has 2 aromatic heterocycles. The van der Waals surface area contributed by atoms with Crippen molar-refractivity contribution >= 4 is 11.5 Å². The number of anilines is 1. The Morgan fingerprint density at radius 2 is 2.27 bits per heavy atom. The van der Waals surface area contributed by atoms with Crippen LogP contribution in [-0.2, 0) is 0 Å². The summed E-state index contributed by atoms with van der Waals surface area (Å²) in [6, 6.07) is 4.33. The summed E-state index contributed by atoms with van der Waals surface area (Å²) in [6.45, 7) is 2.26. The highest BCUT2D eigenvalue weighted by Crippen LogP contribution is 2.28. The molecule has 78 valence electrons. The second-order valence-corrected chi connectivity index (χ2v) is 4.16. The molecule has 1 N–H and O–H groups in total. The van der Waals surface area contributed by atoms with E-state index in [1.165, 1.54) is 17.5 Å². The van der Waals surface area contributed by atoms with E-state index in [0.717, 1.165) is 11.7 Å². The molecule has 6 nitrogen and oxygen atoms in total. The van der Waals surface area contributed by atoms with Crippen LogP contribution in [0, 0.1) is 5.92 Å². The minimum Gasteiger partial charge on any atom is -0.366 e. The Morgan fingerprint density at radius 1 is 1.40 bits per heavy atom. The quantitative estimate of drug-likeness (QED) is 0.781. The average molecular weight is 204 g/mol. The Bertz CT molecular complexity index is 472. The fourth-order valence-corrected chi connectivity index (χ4v) is 1.96. The molecule has 0 bridgehead atoms. The van der Waals surface area contributed by atoms with Crippen LogP contribution in [0.1, 0.15) is 19.8 Å². The van der Waals surface area contributed by atoms with Gasteiger partial charge in [-0.3, -0.25) is 0 Å². The predicted molar refractivity (Wildman–Crippen MR) is 54.4 cm³/mol. The monoisotopic (exact) mass is 204 g/mol. The second kappa shape index (κ2) is 3.15. The number of hydrogen-bond acceptors (Lipinski definition) is 5. The molecule has 0 aromatic carbocycles. The summed E-state index contributed by atoms with van der Waals surface area (Å²) in [7, 11) is 0. The van der Waals surface area contributed by atoms with Gasteiger partial charge in [-0.05, 0) is 41.3 Å². The highest BCUT2D eigenvalue weighted by atomic mass is 15.6. The van der Waals surface area contributed by atoms with Crippen LogP contribution in [0.3, 0.4) is 0 Å². The molecule has 3 rings (SSSR count). The lowest BCUT2D eigenvalue weighted by atomic mass is 9.82. The van der Waals surface area contributed by atoms with Crippen LogP contribution in [0.15, 0.2) is 12.1 Å². The van der Waals surface area contributed by atoms with Crippen molar-refractivity contribution in [3.05, 3.63) is 12.1 Å². The highest BCUT2D eigenvalue weighted by Gasteiger charge is 2.25. The van der Waals surface area contributed by atoms with Gasteiger partial charge in [-0.15, -0.1) is 14.8 Å². The van der Waals surface area contributed by atoms with Crippen LogP contribution < -0.4 is 5.32 Å². The predicted octanol–water partition coefficient (Wildman–Crippen LogP) is 0.730. The van der Waals surface area contributed by atoms with Crippen molar-refractivity contribution in [1.82, 2.24) is 25.3 Å². The summed E-state index contributed by atoms with van der Waals surface area (Å²) >= 11 is 0. The van der Waals surface area contributed by atoms with Gasteiger partial charge in [0.1, 0.15) is 5.82 Å². The van der Waals surface area contributed by atoms with E-state index in [1.807, 2.05) is 12.1 Å². The summed E-state index contributed by atoms with van der Waals surface area (Å²) < 4.78 is 1.43. The molecule has 0 atom stereocenters. The van der Waals surface area contributed by atoms with Gasteiger partial charge in [-0.2, -0.15) is 0 Å². The zero-order valence-electron chi connectivity index (χ0n) is 8.46. The largest absolute Gasteiger partial charge is 0.366 e. The topological polar surface area (TPSA) is 68.0 Å². The average Bonchev–Trinajstić information content (AvgIpc) is 2.62. The van der Waals surface area contributed by atoms with E-state index in [-0.39, 0.29) is 0 Å². The fourth-order valence-electron chi connectivity index (χ4n) is 1.96. The third kappa shape index (κ3) is 1.51. The Kier molecular flexibility index (Phi) is 1.80. The van der Waals surface area contributed by atoms with Gasteiger partial charge in [0.25, 0.3) is 0 Å². The number of fused-ring (bicyclic) bond motifs is 1. The number of aromatic nitrogens is 5. The lowest BCUT2D eigenvalue weighted by Gasteiger charge is -2.33. The van der Waals surface area contributed by atoms with E-state index in [2.05, 4.69) is 32.9 Å². The van der Waals surface area contributed by atoms with Crippen molar-refractivity contribution in [2.24, 2.45) is 5.92 Å². The van der Waals surface area contributed by atoms with Gasteiger partial charge in [0.15, 0.2) is 5.65 Å². The molecule has 0 saturated heterocycles. The van der Waals surface area contributed by atoms with Gasteiger partial charge >= 0.3 is 0 Å². The first-order chi connectivity index (χ1) is 7.31. The Balaban J connectivity index is 1.79. The Labute approximate surface area is 86.7 Å². The van der Waals surface area contributed by atoms with E-state index in [1.54, 1.807) is 0 Å².